The fourth-order valence-electron chi connectivity index (χ4n) is 4.25. The van der Waals surface area contributed by atoms with Crippen molar-refractivity contribution in [2.75, 3.05) is 11.9 Å². The van der Waals surface area contributed by atoms with Crippen LogP contribution in [0.5, 0.6) is 0 Å². The Morgan fingerprint density at radius 3 is 2.37 bits per heavy atom. The van der Waals surface area contributed by atoms with Gasteiger partial charge in [0.1, 0.15) is 0 Å². The van der Waals surface area contributed by atoms with Crippen molar-refractivity contribution >= 4 is 16.7 Å². The molecule has 3 aromatic carbocycles. The Morgan fingerprint density at radius 1 is 0.886 bits per heavy atom. The first-order chi connectivity index (χ1) is 17.1. The maximum atomic E-state index is 13.7. The number of fused-ring (bicyclic) bond motifs is 1. The van der Waals surface area contributed by atoms with E-state index in [0.717, 1.165) is 27.5 Å². The van der Waals surface area contributed by atoms with E-state index in [1.165, 1.54) is 4.57 Å². The molecule has 0 saturated heterocycles. The third-order valence-electron chi connectivity index (χ3n) is 6.09. The molecule has 174 valence electrons. The minimum absolute atomic E-state index is 0.165. The van der Waals surface area contributed by atoms with Crippen LogP contribution in [0.3, 0.4) is 0 Å². The van der Waals surface area contributed by atoms with Gasteiger partial charge in [-0.1, -0.05) is 66.7 Å². The van der Waals surface area contributed by atoms with Crippen LogP contribution in [0, 0.1) is 0 Å². The number of pyridine rings is 1. The molecule has 0 aliphatic rings. The zero-order valence-corrected chi connectivity index (χ0v) is 19.4. The number of benzene rings is 3. The Labute approximate surface area is 203 Å². The largest absolute Gasteiger partial charge is 0.391 e. The lowest BCUT2D eigenvalue weighted by Crippen LogP contribution is -2.29. The van der Waals surface area contributed by atoms with E-state index in [1.54, 1.807) is 19.4 Å². The molecule has 2 heterocycles. The van der Waals surface area contributed by atoms with E-state index in [1.807, 2.05) is 84.9 Å². The molecule has 2 N–H and O–H groups in total. The average molecular weight is 463 g/mol. The molecule has 1 atom stereocenters. The van der Waals surface area contributed by atoms with Crippen molar-refractivity contribution in [2.24, 2.45) is 7.05 Å². The van der Waals surface area contributed by atoms with E-state index >= 15 is 0 Å². The van der Waals surface area contributed by atoms with Gasteiger partial charge in [0.25, 0.3) is 5.56 Å². The SMILES string of the molecule is Cn1c(NCC(O)Cc2ccccc2)nc(-c2ccncc2)c(-c2ccc3ccccc3c2)c1=O. The number of rotatable bonds is 7. The summed E-state index contributed by atoms with van der Waals surface area (Å²) in [5.41, 5.74) is 3.59. The molecule has 2 aromatic heterocycles. The van der Waals surface area contributed by atoms with Crippen LogP contribution in [-0.4, -0.2) is 32.3 Å². The summed E-state index contributed by atoms with van der Waals surface area (Å²) in [4.78, 5) is 22.6. The average Bonchev–Trinajstić information content (AvgIpc) is 2.90. The molecule has 0 aliphatic heterocycles. The molecule has 0 saturated carbocycles. The van der Waals surface area contributed by atoms with E-state index in [2.05, 4.69) is 10.3 Å². The van der Waals surface area contributed by atoms with Crippen LogP contribution in [0.25, 0.3) is 33.2 Å². The van der Waals surface area contributed by atoms with E-state index in [0.29, 0.717) is 23.6 Å². The van der Waals surface area contributed by atoms with Crippen molar-refractivity contribution in [1.29, 1.82) is 0 Å². The summed E-state index contributed by atoms with van der Waals surface area (Å²) in [5.74, 6) is 0.401. The Kier molecular flexibility index (Phi) is 6.37. The fraction of sp³-hybridized carbons (Fsp3) is 0.138. The second kappa shape index (κ2) is 9.91. The zero-order chi connectivity index (χ0) is 24.2. The number of nitrogens with zero attached hydrogens (tertiary/aromatic N) is 3. The quantitative estimate of drug-likeness (QED) is 0.367. The molecular weight excluding hydrogens is 436 g/mol. The summed E-state index contributed by atoms with van der Waals surface area (Å²) < 4.78 is 1.50. The Morgan fingerprint density at radius 2 is 1.60 bits per heavy atom. The summed E-state index contributed by atoms with van der Waals surface area (Å²) in [6.45, 7) is 0.264. The van der Waals surface area contributed by atoms with Gasteiger partial charge in [0.15, 0.2) is 0 Å². The summed E-state index contributed by atoms with van der Waals surface area (Å²) in [6, 6.07) is 27.6. The summed E-state index contributed by atoms with van der Waals surface area (Å²) in [6.07, 6.45) is 3.26. The molecule has 0 aliphatic carbocycles. The molecule has 0 radical (unpaired) electrons. The van der Waals surface area contributed by atoms with E-state index < -0.39 is 6.10 Å². The van der Waals surface area contributed by atoms with Crippen molar-refractivity contribution in [3.05, 3.63) is 113 Å². The van der Waals surface area contributed by atoms with Crippen LogP contribution >= 0.6 is 0 Å². The molecule has 0 amide bonds. The summed E-state index contributed by atoms with van der Waals surface area (Å²) in [5, 5.41) is 15.9. The number of aromatic nitrogens is 3. The van der Waals surface area contributed by atoms with Crippen LogP contribution in [0.15, 0.2) is 102 Å². The number of anilines is 1. The zero-order valence-electron chi connectivity index (χ0n) is 19.4. The number of aliphatic hydroxyl groups is 1. The van der Waals surface area contributed by atoms with Gasteiger partial charge in [-0.15, -0.1) is 0 Å². The van der Waals surface area contributed by atoms with Crippen molar-refractivity contribution in [2.45, 2.75) is 12.5 Å². The van der Waals surface area contributed by atoms with Gasteiger partial charge in [0.05, 0.1) is 17.4 Å². The summed E-state index contributed by atoms with van der Waals surface area (Å²) >= 11 is 0. The fourth-order valence-corrected chi connectivity index (χ4v) is 4.25. The van der Waals surface area contributed by atoms with Crippen molar-refractivity contribution in [1.82, 2.24) is 14.5 Å². The molecule has 0 spiro atoms. The highest BCUT2D eigenvalue weighted by Crippen LogP contribution is 2.30. The second-order valence-corrected chi connectivity index (χ2v) is 8.55. The molecule has 6 heteroatoms. The lowest BCUT2D eigenvalue weighted by Gasteiger charge is -2.18. The van der Waals surface area contributed by atoms with Crippen molar-refractivity contribution in [3.8, 4) is 22.4 Å². The highest BCUT2D eigenvalue weighted by atomic mass is 16.3. The third-order valence-corrected chi connectivity index (χ3v) is 6.09. The van der Waals surface area contributed by atoms with E-state index in [-0.39, 0.29) is 12.1 Å². The van der Waals surface area contributed by atoms with Gasteiger partial charge in [-0.3, -0.25) is 14.3 Å². The van der Waals surface area contributed by atoms with Gasteiger partial charge >= 0.3 is 0 Å². The Hall–Kier alpha value is -4.29. The van der Waals surface area contributed by atoms with Gasteiger partial charge in [-0.25, -0.2) is 4.98 Å². The molecule has 5 rings (SSSR count). The second-order valence-electron chi connectivity index (χ2n) is 8.55. The Balaban J connectivity index is 1.54. The first kappa shape index (κ1) is 22.5. The number of nitrogens with one attached hydrogen (secondary N) is 1. The first-order valence-electron chi connectivity index (χ1n) is 11.6. The predicted molar refractivity (Wildman–Crippen MR) is 140 cm³/mol. The maximum Gasteiger partial charge on any atom is 0.263 e. The van der Waals surface area contributed by atoms with Crippen LogP contribution in [-0.2, 0) is 13.5 Å². The lowest BCUT2D eigenvalue weighted by atomic mass is 9.98. The lowest BCUT2D eigenvalue weighted by molar-refractivity contribution is 0.188. The number of aliphatic hydroxyl groups excluding tert-OH is 1. The normalized spacial score (nSPS) is 11.9. The topological polar surface area (TPSA) is 80.0 Å². The molecule has 5 aromatic rings. The standard InChI is InChI=1S/C29H26N4O2/c1-33-28(35)26(24-12-11-21-9-5-6-10-23(21)18-24)27(22-13-15-30-16-14-22)32-29(33)31-19-25(34)17-20-7-3-2-4-8-20/h2-16,18,25,34H,17,19H2,1H3,(H,31,32). The van der Waals surface area contributed by atoms with E-state index in [4.69, 9.17) is 4.98 Å². The van der Waals surface area contributed by atoms with Crippen LogP contribution in [0.2, 0.25) is 0 Å². The predicted octanol–water partition coefficient (Wildman–Crippen LogP) is 4.68. The van der Waals surface area contributed by atoms with E-state index in [9.17, 15) is 9.90 Å². The van der Waals surface area contributed by atoms with Crippen molar-refractivity contribution < 1.29 is 5.11 Å². The summed E-state index contributed by atoms with van der Waals surface area (Å²) in [7, 11) is 1.70. The highest BCUT2D eigenvalue weighted by molar-refractivity contribution is 5.90. The molecule has 1 unspecified atom stereocenters. The maximum absolute atomic E-state index is 13.7. The van der Waals surface area contributed by atoms with Gasteiger partial charge < -0.3 is 10.4 Å². The highest BCUT2D eigenvalue weighted by Gasteiger charge is 2.19. The molecule has 35 heavy (non-hydrogen) atoms. The van der Waals surface area contributed by atoms with Gasteiger partial charge in [0.2, 0.25) is 5.95 Å². The molecular formula is C29H26N4O2. The third kappa shape index (κ3) is 4.83. The van der Waals surface area contributed by atoms with Crippen LogP contribution < -0.4 is 10.9 Å². The molecule has 6 nitrogen and oxygen atoms in total. The molecule has 0 fully saturated rings. The van der Waals surface area contributed by atoms with Gasteiger partial charge in [0, 0.05) is 38.0 Å². The monoisotopic (exact) mass is 462 g/mol. The Bertz CT molecular complexity index is 1520. The van der Waals surface area contributed by atoms with Gasteiger partial charge in [-0.05, 0) is 40.1 Å². The first-order valence-corrected chi connectivity index (χ1v) is 11.6. The molecule has 0 bridgehead atoms. The smallest absolute Gasteiger partial charge is 0.263 e. The number of hydrogen-bond donors (Lipinski definition) is 2. The van der Waals surface area contributed by atoms with Gasteiger partial charge in [-0.2, -0.15) is 0 Å². The minimum atomic E-state index is -0.626. The van der Waals surface area contributed by atoms with Crippen molar-refractivity contribution in [3.63, 3.8) is 0 Å². The van der Waals surface area contributed by atoms with Crippen LogP contribution in [0.4, 0.5) is 5.95 Å². The number of hydrogen-bond acceptors (Lipinski definition) is 5. The van der Waals surface area contributed by atoms with Crippen LogP contribution in [0.1, 0.15) is 5.56 Å². The minimum Gasteiger partial charge on any atom is -0.391 e.